The van der Waals surface area contributed by atoms with E-state index in [9.17, 15) is 9.59 Å². The van der Waals surface area contributed by atoms with Crippen molar-refractivity contribution in [3.05, 3.63) is 58.5 Å². The summed E-state index contributed by atoms with van der Waals surface area (Å²) < 4.78 is 0. The quantitative estimate of drug-likeness (QED) is 0.710. The maximum Gasteiger partial charge on any atom is 0.274 e. The molecule has 2 aromatic rings. The second-order valence-electron chi connectivity index (χ2n) is 4.17. The van der Waals surface area contributed by atoms with Crippen molar-refractivity contribution in [2.24, 2.45) is 0 Å². The Morgan fingerprint density at radius 2 is 1.95 bits per heavy atom. The molecule has 1 aromatic heterocycles. The van der Waals surface area contributed by atoms with Crippen LogP contribution in [0.1, 0.15) is 10.5 Å². The summed E-state index contributed by atoms with van der Waals surface area (Å²) in [4.78, 5) is 27.5. The van der Waals surface area contributed by atoms with Crippen molar-refractivity contribution in [1.29, 1.82) is 0 Å². The van der Waals surface area contributed by atoms with Crippen LogP contribution in [0.4, 0.5) is 11.4 Å². The molecule has 0 radical (unpaired) electrons. The summed E-state index contributed by atoms with van der Waals surface area (Å²) in [5.74, 6) is -0.422. The van der Waals surface area contributed by atoms with Gasteiger partial charge in [0.05, 0.1) is 18.0 Å². The maximum atomic E-state index is 12.4. The van der Waals surface area contributed by atoms with Gasteiger partial charge in [-0.15, -0.1) is 0 Å². The molecule has 1 amide bonds. The third kappa shape index (κ3) is 2.86. The smallest absolute Gasteiger partial charge is 0.274 e. The van der Waals surface area contributed by atoms with Crippen molar-refractivity contribution >= 4 is 17.3 Å². The number of carbonyl (C=O) groups is 1. The van der Waals surface area contributed by atoms with Gasteiger partial charge in [0.2, 0.25) is 5.56 Å². The predicted molar refractivity (Wildman–Crippen MR) is 76.7 cm³/mol. The Labute approximate surface area is 115 Å². The van der Waals surface area contributed by atoms with E-state index in [2.05, 4.69) is 4.98 Å². The van der Waals surface area contributed by atoms with Crippen LogP contribution in [0.3, 0.4) is 0 Å². The minimum atomic E-state index is -0.422. The van der Waals surface area contributed by atoms with E-state index < -0.39 is 5.91 Å². The Bertz CT molecular complexity index is 666. The number of anilines is 2. The summed E-state index contributed by atoms with van der Waals surface area (Å²) in [6.45, 7) is -0.124. The zero-order valence-corrected chi connectivity index (χ0v) is 10.7. The lowest BCUT2D eigenvalue weighted by Crippen LogP contribution is -2.35. The zero-order chi connectivity index (χ0) is 14.5. The molecule has 4 N–H and O–H groups in total. The number of aromatic amines is 1. The highest BCUT2D eigenvalue weighted by Gasteiger charge is 2.19. The van der Waals surface area contributed by atoms with Gasteiger partial charge in [-0.05, 0) is 18.2 Å². The summed E-state index contributed by atoms with van der Waals surface area (Å²) >= 11 is 0. The zero-order valence-electron chi connectivity index (χ0n) is 10.7. The Morgan fingerprint density at radius 1 is 1.20 bits per heavy atom. The minimum Gasteiger partial charge on any atom is -0.397 e. The predicted octanol–water partition coefficient (Wildman–Crippen LogP) is 0.596. The average molecular weight is 273 g/mol. The number of pyridine rings is 1. The summed E-state index contributed by atoms with van der Waals surface area (Å²) in [5, 5.41) is 9.13. The van der Waals surface area contributed by atoms with Gasteiger partial charge < -0.3 is 20.7 Å². The lowest BCUT2D eigenvalue weighted by atomic mass is 10.2. The number of nitrogen functional groups attached to an aromatic ring is 1. The fraction of sp³-hybridized carbons (Fsp3) is 0.143. The lowest BCUT2D eigenvalue weighted by molar-refractivity contribution is 0.0976. The van der Waals surface area contributed by atoms with Crippen molar-refractivity contribution in [3.8, 4) is 0 Å². The number of nitrogens with zero attached hydrogens (tertiary/aromatic N) is 1. The number of rotatable bonds is 4. The van der Waals surface area contributed by atoms with E-state index in [1.165, 1.54) is 23.1 Å². The van der Waals surface area contributed by atoms with Gasteiger partial charge in [0.15, 0.2) is 0 Å². The second kappa shape index (κ2) is 6.03. The van der Waals surface area contributed by atoms with E-state index in [0.717, 1.165) is 0 Å². The van der Waals surface area contributed by atoms with E-state index >= 15 is 0 Å². The molecule has 0 saturated heterocycles. The number of para-hydroxylation sites is 2. The number of benzene rings is 1. The fourth-order valence-corrected chi connectivity index (χ4v) is 1.88. The first-order chi connectivity index (χ1) is 9.63. The van der Waals surface area contributed by atoms with Gasteiger partial charge in [-0.2, -0.15) is 0 Å². The van der Waals surface area contributed by atoms with Gasteiger partial charge in [0, 0.05) is 12.6 Å². The highest BCUT2D eigenvalue weighted by Crippen LogP contribution is 2.23. The van der Waals surface area contributed by atoms with E-state index in [0.29, 0.717) is 11.4 Å². The number of aromatic nitrogens is 1. The number of carbonyl (C=O) groups excluding carboxylic acids is 1. The molecule has 0 saturated carbocycles. The average Bonchev–Trinajstić information content (AvgIpc) is 2.45. The monoisotopic (exact) mass is 273 g/mol. The molecule has 0 aliphatic heterocycles. The molecule has 0 unspecified atom stereocenters. The van der Waals surface area contributed by atoms with Gasteiger partial charge in [0.1, 0.15) is 5.69 Å². The first-order valence-electron chi connectivity index (χ1n) is 6.10. The SMILES string of the molecule is Nc1ccccc1N(CCO)C(=O)c1cccc(=O)[nH]1. The molecule has 20 heavy (non-hydrogen) atoms. The van der Waals surface area contributed by atoms with Crippen LogP contribution in [-0.2, 0) is 0 Å². The number of aliphatic hydroxyl groups is 1. The normalized spacial score (nSPS) is 10.2. The van der Waals surface area contributed by atoms with Crippen molar-refractivity contribution in [2.45, 2.75) is 0 Å². The highest BCUT2D eigenvalue weighted by molar-refractivity contribution is 6.06. The highest BCUT2D eigenvalue weighted by atomic mass is 16.3. The topological polar surface area (TPSA) is 99.4 Å². The standard InChI is InChI=1S/C14H15N3O3/c15-10-4-1-2-6-12(10)17(8-9-18)14(20)11-5-3-7-13(19)16-11/h1-7,18H,8-9,15H2,(H,16,19). The fourth-order valence-electron chi connectivity index (χ4n) is 1.88. The van der Waals surface area contributed by atoms with Crippen molar-refractivity contribution in [1.82, 2.24) is 4.98 Å². The molecule has 2 rings (SSSR count). The molecule has 0 aliphatic carbocycles. The molecule has 1 heterocycles. The lowest BCUT2D eigenvalue weighted by Gasteiger charge is -2.23. The summed E-state index contributed by atoms with van der Waals surface area (Å²) in [6.07, 6.45) is 0. The molecule has 0 spiro atoms. The third-order valence-electron chi connectivity index (χ3n) is 2.80. The van der Waals surface area contributed by atoms with Gasteiger partial charge in [-0.1, -0.05) is 18.2 Å². The van der Waals surface area contributed by atoms with Gasteiger partial charge in [-0.3, -0.25) is 9.59 Å². The molecular formula is C14H15N3O3. The molecule has 6 nitrogen and oxygen atoms in total. The van der Waals surface area contributed by atoms with Crippen LogP contribution in [0.5, 0.6) is 0 Å². The summed E-state index contributed by atoms with van der Waals surface area (Å²) in [7, 11) is 0. The first kappa shape index (κ1) is 13.8. The Morgan fingerprint density at radius 3 is 2.60 bits per heavy atom. The number of amides is 1. The molecule has 6 heteroatoms. The van der Waals surface area contributed by atoms with Crippen molar-refractivity contribution in [3.63, 3.8) is 0 Å². The molecule has 104 valence electrons. The number of H-pyrrole nitrogens is 1. The number of hydrogen-bond acceptors (Lipinski definition) is 4. The van der Waals surface area contributed by atoms with Crippen LogP contribution in [0.2, 0.25) is 0 Å². The largest absolute Gasteiger partial charge is 0.397 e. The molecule has 0 bridgehead atoms. The van der Waals surface area contributed by atoms with Crippen LogP contribution in [0.15, 0.2) is 47.3 Å². The number of nitrogens with one attached hydrogen (secondary N) is 1. The molecule has 0 fully saturated rings. The summed E-state index contributed by atoms with van der Waals surface area (Å²) in [6, 6.07) is 11.2. The number of nitrogens with two attached hydrogens (primary N) is 1. The number of aliphatic hydroxyl groups excluding tert-OH is 1. The molecule has 1 aromatic carbocycles. The van der Waals surface area contributed by atoms with E-state index in [4.69, 9.17) is 10.8 Å². The van der Waals surface area contributed by atoms with Crippen LogP contribution in [0.25, 0.3) is 0 Å². The van der Waals surface area contributed by atoms with Crippen LogP contribution < -0.4 is 16.2 Å². The third-order valence-corrected chi connectivity index (χ3v) is 2.80. The molecule has 0 atom stereocenters. The van der Waals surface area contributed by atoms with Gasteiger partial charge >= 0.3 is 0 Å². The van der Waals surface area contributed by atoms with Gasteiger partial charge in [0.25, 0.3) is 5.91 Å². The summed E-state index contributed by atoms with van der Waals surface area (Å²) in [5.41, 5.74) is 6.56. The second-order valence-corrected chi connectivity index (χ2v) is 4.17. The molecular weight excluding hydrogens is 258 g/mol. The van der Waals surface area contributed by atoms with Crippen molar-refractivity contribution < 1.29 is 9.90 Å². The van der Waals surface area contributed by atoms with E-state index in [1.54, 1.807) is 24.3 Å². The Hall–Kier alpha value is -2.60. The Balaban J connectivity index is 2.41. The van der Waals surface area contributed by atoms with E-state index in [1.807, 2.05) is 0 Å². The maximum absolute atomic E-state index is 12.4. The minimum absolute atomic E-state index is 0.0873. The Kier molecular flexibility index (Phi) is 4.17. The van der Waals surface area contributed by atoms with Gasteiger partial charge in [-0.25, -0.2) is 0 Å². The van der Waals surface area contributed by atoms with Crippen LogP contribution >= 0.6 is 0 Å². The van der Waals surface area contributed by atoms with Crippen molar-refractivity contribution in [2.75, 3.05) is 23.8 Å². The molecule has 0 aliphatic rings. The first-order valence-corrected chi connectivity index (χ1v) is 6.10. The van der Waals surface area contributed by atoms with E-state index in [-0.39, 0.29) is 24.4 Å². The van der Waals surface area contributed by atoms with Crippen LogP contribution in [-0.4, -0.2) is 29.1 Å². The van der Waals surface area contributed by atoms with Crippen LogP contribution in [0, 0.1) is 0 Å². The number of hydrogen-bond donors (Lipinski definition) is 3.